The highest BCUT2D eigenvalue weighted by Crippen LogP contribution is 2.28. The normalized spacial score (nSPS) is 24.2. The van der Waals surface area contributed by atoms with Gasteiger partial charge in [-0.15, -0.1) is 5.10 Å². The smallest absolute Gasteiger partial charge is 0.320 e. The van der Waals surface area contributed by atoms with Gasteiger partial charge in [-0.05, 0) is 26.0 Å². The predicted molar refractivity (Wildman–Crippen MR) is 94.3 cm³/mol. The number of piperazine rings is 1. The fraction of sp³-hybridized carbons (Fsp3) is 0.625. The molecule has 2 saturated heterocycles. The van der Waals surface area contributed by atoms with Crippen LogP contribution in [-0.2, 0) is 9.84 Å². The summed E-state index contributed by atoms with van der Waals surface area (Å²) >= 11 is 0. The lowest BCUT2D eigenvalue weighted by molar-refractivity contribution is 0.0370. The van der Waals surface area contributed by atoms with E-state index in [-0.39, 0.29) is 35.7 Å². The zero-order valence-corrected chi connectivity index (χ0v) is 15.7. The van der Waals surface area contributed by atoms with Crippen LogP contribution in [0, 0.1) is 0 Å². The number of hydrogen-bond acceptors (Lipinski definition) is 6. The van der Waals surface area contributed by atoms with E-state index < -0.39 is 21.9 Å². The summed E-state index contributed by atoms with van der Waals surface area (Å²) in [5, 5.41) is 7.55. The van der Waals surface area contributed by atoms with E-state index in [1.807, 2.05) is 13.8 Å². The largest absolute Gasteiger partial charge is 0.329 e. The van der Waals surface area contributed by atoms with Crippen molar-refractivity contribution in [3.8, 4) is 0 Å². The van der Waals surface area contributed by atoms with Gasteiger partial charge in [-0.3, -0.25) is 4.79 Å². The first-order valence-corrected chi connectivity index (χ1v) is 10.5. The molecule has 0 bridgehead atoms. The maximum absolute atomic E-state index is 12.8. The number of sulfone groups is 1. The van der Waals surface area contributed by atoms with E-state index in [4.69, 9.17) is 0 Å². The number of carbonyl (C=O) groups excluding carboxylic acids is 2. The van der Waals surface area contributed by atoms with Gasteiger partial charge in [-0.25, -0.2) is 13.2 Å². The number of urea groups is 1. The van der Waals surface area contributed by atoms with Gasteiger partial charge in [0.05, 0.1) is 23.6 Å². The molecular formula is C16H23N5O4S. The van der Waals surface area contributed by atoms with E-state index >= 15 is 0 Å². The van der Waals surface area contributed by atoms with Crippen molar-refractivity contribution >= 4 is 21.8 Å². The number of aromatic nitrogens is 2. The molecule has 0 saturated carbocycles. The minimum absolute atomic E-state index is 0.116. The van der Waals surface area contributed by atoms with Crippen molar-refractivity contribution < 1.29 is 18.0 Å². The molecule has 2 aliphatic rings. The Hall–Kier alpha value is -2.23. The molecule has 3 heterocycles. The molecule has 0 aromatic carbocycles. The molecule has 2 fully saturated rings. The van der Waals surface area contributed by atoms with Crippen molar-refractivity contribution in [1.82, 2.24) is 24.9 Å². The molecule has 2 aliphatic heterocycles. The quantitative estimate of drug-likeness (QED) is 0.722. The standard InChI is InChI=1S/C16H23N5O4S/c1-3-19(4-2)16(23)21-9-8-20(13-10-26(24,25)11-14(13)21)15(22)12-6-5-7-17-18-12/h5-7,13-14H,3-4,8-11H2,1-2H3/t13-,14+/m1/s1. The fourth-order valence-corrected chi connectivity index (χ4v) is 5.66. The van der Waals surface area contributed by atoms with E-state index in [1.165, 1.54) is 11.1 Å². The minimum atomic E-state index is -3.33. The lowest BCUT2D eigenvalue weighted by Crippen LogP contribution is -2.63. The van der Waals surface area contributed by atoms with Crippen molar-refractivity contribution in [2.45, 2.75) is 25.9 Å². The van der Waals surface area contributed by atoms with Crippen LogP contribution in [0.1, 0.15) is 24.3 Å². The monoisotopic (exact) mass is 381 g/mol. The SMILES string of the molecule is CCN(CC)C(=O)N1CCN(C(=O)c2cccnn2)[C@@H]2CS(=O)(=O)C[C@@H]21. The van der Waals surface area contributed by atoms with Crippen LogP contribution in [0.3, 0.4) is 0 Å². The topological polar surface area (TPSA) is 104 Å². The molecule has 1 aromatic rings. The molecule has 0 radical (unpaired) electrons. The summed E-state index contributed by atoms with van der Waals surface area (Å²) in [4.78, 5) is 30.4. The number of nitrogens with zero attached hydrogens (tertiary/aromatic N) is 5. The third kappa shape index (κ3) is 3.37. The lowest BCUT2D eigenvalue weighted by atomic mass is 10.0. The van der Waals surface area contributed by atoms with E-state index in [0.717, 1.165) is 0 Å². The lowest BCUT2D eigenvalue weighted by Gasteiger charge is -2.44. The molecule has 0 spiro atoms. The third-order valence-corrected chi connectivity index (χ3v) is 6.71. The Balaban J connectivity index is 1.88. The molecular weight excluding hydrogens is 358 g/mol. The minimum Gasteiger partial charge on any atom is -0.329 e. The molecule has 3 rings (SSSR count). The molecule has 9 nitrogen and oxygen atoms in total. The van der Waals surface area contributed by atoms with E-state index in [1.54, 1.807) is 21.9 Å². The Labute approximate surface area is 152 Å². The Kier molecular flexibility index (Phi) is 5.12. The molecule has 2 atom stereocenters. The number of rotatable bonds is 3. The van der Waals surface area contributed by atoms with Crippen LogP contribution in [0.5, 0.6) is 0 Å². The van der Waals surface area contributed by atoms with Gasteiger partial charge in [0, 0.05) is 32.4 Å². The summed E-state index contributed by atoms with van der Waals surface area (Å²) in [7, 11) is -3.33. The Morgan fingerprint density at radius 3 is 2.35 bits per heavy atom. The van der Waals surface area contributed by atoms with Crippen molar-refractivity contribution in [3.63, 3.8) is 0 Å². The maximum Gasteiger partial charge on any atom is 0.320 e. The molecule has 10 heteroatoms. The first kappa shape index (κ1) is 18.6. The van der Waals surface area contributed by atoms with Crippen molar-refractivity contribution in [3.05, 3.63) is 24.0 Å². The zero-order valence-electron chi connectivity index (χ0n) is 14.9. The average Bonchev–Trinajstić information content (AvgIpc) is 2.96. The van der Waals surface area contributed by atoms with Crippen molar-refractivity contribution in [2.75, 3.05) is 37.7 Å². The van der Waals surface area contributed by atoms with Gasteiger partial charge in [0.25, 0.3) is 5.91 Å². The van der Waals surface area contributed by atoms with E-state index in [2.05, 4.69) is 10.2 Å². The zero-order chi connectivity index (χ0) is 18.9. The molecule has 26 heavy (non-hydrogen) atoms. The van der Waals surface area contributed by atoms with Crippen LogP contribution < -0.4 is 0 Å². The number of carbonyl (C=O) groups is 2. The maximum atomic E-state index is 12.8. The van der Waals surface area contributed by atoms with Gasteiger partial charge in [-0.2, -0.15) is 5.10 Å². The summed E-state index contributed by atoms with van der Waals surface area (Å²) in [6.07, 6.45) is 1.47. The van der Waals surface area contributed by atoms with Crippen LogP contribution in [0.15, 0.2) is 18.3 Å². The average molecular weight is 381 g/mol. The second-order valence-electron chi connectivity index (χ2n) is 6.47. The summed E-state index contributed by atoms with van der Waals surface area (Å²) < 4.78 is 24.5. The predicted octanol–water partition coefficient (Wildman–Crippen LogP) is -0.138. The first-order chi connectivity index (χ1) is 12.4. The molecule has 1 aromatic heterocycles. The van der Waals surface area contributed by atoms with Gasteiger partial charge < -0.3 is 14.7 Å². The van der Waals surface area contributed by atoms with Crippen LogP contribution in [0.4, 0.5) is 4.79 Å². The molecule has 0 N–H and O–H groups in total. The van der Waals surface area contributed by atoms with Gasteiger partial charge >= 0.3 is 6.03 Å². The first-order valence-electron chi connectivity index (χ1n) is 8.72. The van der Waals surface area contributed by atoms with Crippen LogP contribution in [0.25, 0.3) is 0 Å². The van der Waals surface area contributed by atoms with Crippen molar-refractivity contribution in [1.29, 1.82) is 0 Å². The van der Waals surface area contributed by atoms with E-state index in [0.29, 0.717) is 19.6 Å². The molecule has 0 unspecified atom stereocenters. The Bertz CT molecular complexity index is 781. The Morgan fingerprint density at radius 1 is 1.15 bits per heavy atom. The summed E-state index contributed by atoms with van der Waals surface area (Å²) in [6, 6.07) is 1.92. The third-order valence-electron chi connectivity index (χ3n) is 5.01. The highest BCUT2D eigenvalue weighted by atomic mass is 32.2. The number of amides is 3. The van der Waals surface area contributed by atoms with Crippen molar-refractivity contribution in [2.24, 2.45) is 0 Å². The van der Waals surface area contributed by atoms with Crippen LogP contribution in [-0.4, -0.2) is 95.0 Å². The van der Waals surface area contributed by atoms with Gasteiger partial charge in [0.2, 0.25) is 0 Å². The Morgan fingerprint density at radius 2 is 1.77 bits per heavy atom. The number of hydrogen-bond donors (Lipinski definition) is 0. The highest BCUT2D eigenvalue weighted by molar-refractivity contribution is 7.91. The van der Waals surface area contributed by atoms with Gasteiger partial charge in [-0.1, -0.05) is 0 Å². The van der Waals surface area contributed by atoms with Gasteiger partial charge in [0.15, 0.2) is 15.5 Å². The second-order valence-corrected chi connectivity index (χ2v) is 8.62. The highest BCUT2D eigenvalue weighted by Gasteiger charge is 2.50. The van der Waals surface area contributed by atoms with Crippen LogP contribution in [0.2, 0.25) is 0 Å². The summed E-state index contributed by atoms with van der Waals surface area (Å²) in [5.41, 5.74) is 0.180. The van der Waals surface area contributed by atoms with Crippen LogP contribution >= 0.6 is 0 Å². The number of fused-ring (bicyclic) bond motifs is 1. The molecule has 0 aliphatic carbocycles. The van der Waals surface area contributed by atoms with E-state index in [9.17, 15) is 18.0 Å². The molecule has 3 amide bonds. The van der Waals surface area contributed by atoms with Gasteiger partial charge in [0.1, 0.15) is 0 Å². The second kappa shape index (κ2) is 7.18. The fourth-order valence-electron chi connectivity index (χ4n) is 3.68. The summed E-state index contributed by atoms with van der Waals surface area (Å²) in [6.45, 7) is 5.46. The molecule has 142 valence electrons. The summed E-state index contributed by atoms with van der Waals surface area (Å²) in [5.74, 6) is -0.596.